The summed E-state index contributed by atoms with van der Waals surface area (Å²) in [5.74, 6) is 4.67. The smallest absolute Gasteiger partial charge is 0.295 e. The molecule has 0 radical (unpaired) electrons. The third-order valence-electron chi connectivity index (χ3n) is 6.97. The van der Waals surface area contributed by atoms with Crippen LogP contribution in [-0.2, 0) is 30.4 Å². The lowest BCUT2D eigenvalue weighted by atomic mass is 9.89. The monoisotopic (exact) mass is 633 g/mol. The van der Waals surface area contributed by atoms with Crippen molar-refractivity contribution in [2.75, 3.05) is 11.9 Å². The predicted octanol–water partition coefficient (Wildman–Crippen LogP) is 3.31. The summed E-state index contributed by atoms with van der Waals surface area (Å²) in [6, 6.07) is 4.38. The van der Waals surface area contributed by atoms with Crippen LogP contribution in [0.3, 0.4) is 0 Å². The number of rotatable bonds is 12. The average Bonchev–Trinajstić information content (AvgIpc) is 2.83. The highest BCUT2D eigenvalue weighted by Crippen LogP contribution is 2.44. The van der Waals surface area contributed by atoms with Gasteiger partial charge in [-0.25, -0.2) is 5.43 Å². The van der Waals surface area contributed by atoms with Gasteiger partial charge in [-0.05, 0) is 73.1 Å². The molecule has 0 bridgehead atoms. The van der Waals surface area contributed by atoms with Crippen molar-refractivity contribution in [1.29, 1.82) is 0 Å². The van der Waals surface area contributed by atoms with E-state index >= 15 is 0 Å². The Hall–Kier alpha value is -2.41. The van der Waals surface area contributed by atoms with E-state index in [0.717, 1.165) is 0 Å². The van der Waals surface area contributed by atoms with E-state index in [-0.39, 0.29) is 32.8 Å². The Morgan fingerprint density at radius 3 is 1.83 bits per heavy atom. The summed E-state index contributed by atoms with van der Waals surface area (Å²) in [4.78, 5) is -2.05. The Labute approximate surface area is 239 Å². The number of hydrogen-bond donors (Lipinski definition) is 7. The van der Waals surface area contributed by atoms with Crippen LogP contribution < -0.4 is 16.6 Å². The van der Waals surface area contributed by atoms with Gasteiger partial charge in [0, 0.05) is 23.0 Å². The summed E-state index contributed by atoms with van der Waals surface area (Å²) in [7, 11) is -14.8. The lowest BCUT2D eigenvalue weighted by Crippen LogP contribution is -2.46. The Morgan fingerprint density at radius 1 is 0.829 bits per heavy atom. The number of fused-ring (bicyclic) bond motifs is 3. The van der Waals surface area contributed by atoms with Gasteiger partial charge < -0.3 is 10.4 Å². The number of benzene rings is 3. The molecule has 8 N–H and O–H groups in total. The van der Waals surface area contributed by atoms with Gasteiger partial charge in [0.1, 0.15) is 15.5 Å². The molecule has 0 fully saturated rings. The minimum atomic E-state index is -5.01. The first-order valence-electron chi connectivity index (χ1n) is 12.6. The number of nitrogens with one attached hydrogen (secondary N) is 2. The van der Waals surface area contributed by atoms with Crippen molar-refractivity contribution < 1.29 is 44.0 Å². The molecule has 1 unspecified atom stereocenters. The fraction of sp³-hybridized carbons (Fsp3) is 0.440. The number of anilines is 1. The molecule has 0 saturated carbocycles. The van der Waals surface area contributed by atoms with E-state index in [9.17, 15) is 44.0 Å². The van der Waals surface area contributed by atoms with Gasteiger partial charge in [-0.3, -0.25) is 19.5 Å². The molecule has 0 amide bonds. The van der Waals surface area contributed by atoms with E-state index in [4.69, 9.17) is 5.84 Å². The van der Waals surface area contributed by atoms with Gasteiger partial charge >= 0.3 is 0 Å². The van der Waals surface area contributed by atoms with Gasteiger partial charge in [0.05, 0.1) is 4.90 Å². The van der Waals surface area contributed by atoms with Crippen molar-refractivity contribution in [3.05, 3.63) is 35.4 Å². The molecule has 13 nitrogen and oxygen atoms in total. The normalized spacial score (nSPS) is 14.6. The van der Waals surface area contributed by atoms with Crippen LogP contribution in [0.4, 0.5) is 5.69 Å². The average molecular weight is 634 g/mol. The largest absolute Gasteiger partial charge is 0.385 e. The summed E-state index contributed by atoms with van der Waals surface area (Å²) in [6.45, 7) is 6.71. The fourth-order valence-electron chi connectivity index (χ4n) is 5.00. The van der Waals surface area contributed by atoms with Crippen molar-refractivity contribution in [3.63, 3.8) is 0 Å². The van der Waals surface area contributed by atoms with Gasteiger partial charge in [0.15, 0.2) is 0 Å². The van der Waals surface area contributed by atoms with Crippen LogP contribution in [0.25, 0.3) is 21.5 Å². The zero-order valence-corrected chi connectivity index (χ0v) is 25.4. The first-order valence-corrected chi connectivity index (χ1v) is 17.0. The van der Waals surface area contributed by atoms with E-state index in [1.54, 1.807) is 20.8 Å². The first-order chi connectivity index (χ1) is 18.7. The van der Waals surface area contributed by atoms with E-state index in [2.05, 4.69) is 10.7 Å². The van der Waals surface area contributed by atoms with Crippen molar-refractivity contribution in [2.24, 2.45) is 5.84 Å². The highest BCUT2D eigenvalue weighted by molar-refractivity contribution is 7.87. The molecule has 0 aliphatic carbocycles. The molecule has 3 aromatic carbocycles. The highest BCUT2D eigenvalue weighted by atomic mass is 32.2. The second kappa shape index (κ2) is 11.7. The molecule has 41 heavy (non-hydrogen) atoms. The van der Waals surface area contributed by atoms with Gasteiger partial charge in [0.25, 0.3) is 30.4 Å². The second-order valence-electron chi connectivity index (χ2n) is 10.5. The first kappa shape index (κ1) is 33.1. The predicted molar refractivity (Wildman–Crippen MR) is 155 cm³/mol. The van der Waals surface area contributed by atoms with E-state index in [1.807, 2.05) is 0 Å². The zero-order valence-electron chi connectivity index (χ0n) is 23.0. The maximum atomic E-state index is 12.5. The summed E-state index contributed by atoms with van der Waals surface area (Å²) in [5, 5.41) is 13.1. The van der Waals surface area contributed by atoms with Crippen LogP contribution in [0, 0.1) is 6.92 Å². The van der Waals surface area contributed by atoms with E-state index < -0.39 is 56.7 Å². The van der Waals surface area contributed by atoms with E-state index in [1.165, 1.54) is 25.1 Å². The molecule has 16 heteroatoms. The van der Waals surface area contributed by atoms with Crippen molar-refractivity contribution >= 4 is 57.6 Å². The van der Waals surface area contributed by atoms with Crippen LogP contribution in [0.1, 0.15) is 63.5 Å². The zero-order chi connectivity index (χ0) is 31.1. The number of unbranched alkanes of at least 4 members (excludes halogenated alkanes) is 2. The third-order valence-corrected chi connectivity index (χ3v) is 9.65. The minimum absolute atomic E-state index is 0.00241. The van der Waals surface area contributed by atoms with Crippen LogP contribution >= 0.6 is 0 Å². The molecular formula is C25H35N3O10S3. The van der Waals surface area contributed by atoms with Gasteiger partial charge in [-0.1, -0.05) is 32.4 Å². The lowest BCUT2D eigenvalue weighted by molar-refractivity contribution is 0.0134. The maximum Gasteiger partial charge on any atom is 0.295 e. The quantitative estimate of drug-likeness (QED) is 0.0379. The minimum Gasteiger partial charge on any atom is -0.385 e. The molecule has 3 rings (SSSR count). The summed E-state index contributed by atoms with van der Waals surface area (Å²) < 4.78 is 105. The van der Waals surface area contributed by atoms with E-state index in [0.29, 0.717) is 43.9 Å². The number of hydrogen-bond acceptors (Lipinski definition) is 10. The molecule has 228 valence electrons. The maximum absolute atomic E-state index is 12.5. The molecule has 3 aromatic rings. The number of aliphatic hydroxyl groups is 1. The topological polar surface area (TPSA) is 233 Å². The standard InChI is InChI=1S/C25H35N3O10S3/c1-14(2)22-21(41(36,37)38)13-20(40(33,34)35)17-9-8-16-19(39(30,31)32)12-18(15(3)23(16)24(17)22)27-11-7-5-6-10-25(4,29)28-26/h8-9,12-14,27-29H,5-7,10-11,26H2,1-4H3,(H,30,31,32)(H,33,34,35)(H,36,37,38). The molecule has 0 saturated heterocycles. The van der Waals surface area contributed by atoms with Crippen LogP contribution in [-0.4, -0.2) is 56.3 Å². The Kier molecular flexibility index (Phi) is 9.44. The van der Waals surface area contributed by atoms with Crippen molar-refractivity contribution in [3.8, 4) is 0 Å². The molecule has 0 heterocycles. The highest BCUT2D eigenvalue weighted by Gasteiger charge is 2.30. The Bertz CT molecular complexity index is 1820. The Morgan fingerprint density at radius 2 is 1.34 bits per heavy atom. The SMILES string of the molecule is Cc1c(NCCCCCC(C)(O)NN)cc(S(=O)(=O)O)c2ccc3c(S(=O)(=O)O)cc(S(=O)(=O)O)c(C(C)C)c3c12. The van der Waals surface area contributed by atoms with Crippen LogP contribution in [0.15, 0.2) is 39.0 Å². The molecule has 1 atom stereocenters. The molecular weight excluding hydrogens is 598 g/mol. The van der Waals surface area contributed by atoms with Crippen molar-refractivity contribution in [1.82, 2.24) is 5.43 Å². The van der Waals surface area contributed by atoms with Gasteiger partial charge in [-0.2, -0.15) is 25.3 Å². The number of hydrazine groups is 1. The summed E-state index contributed by atoms with van der Waals surface area (Å²) in [5.41, 5.74) is 1.77. The fourth-order valence-corrected chi connectivity index (χ4v) is 7.38. The molecule has 0 aliphatic heterocycles. The molecule has 0 spiro atoms. The van der Waals surface area contributed by atoms with Gasteiger partial charge in [-0.15, -0.1) is 0 Å². The van der Waals surface area contributed by atoms with Crippen molar-refractivity contribution in [2.45, 2.75) is 79.7 Å². The lowest BCUT2D eigenvalue weighted by Gasteiger charge is -2.22. The third kappa shape index (κ3) is 7.15. The summed E-state index contributed by atoms with van der Waals surface area (Å²) >= 11 is 0. The molecule has 0 aliphatic rings. The Balaban J connectivity index is 2.35. The second-order valence-corrected chi connectivity index (χ2v) is 14.6. The van der Waals surface area contributed by atoms with Crippen LogP contribution in [0.2, 0.25) is 0 Å². The summed E-state index contributed by atoms with van der Waals surface area (Å²) in [6.07, 6.45) is 2.30. The number of nitrogens with two attached hydrogens (primary N) is 1. The van der Waals surface area contributed by atoms with Crippen LogP contribution in [0.5, 0.6) is 0 Å². The van der Waals surface area contributed by atoms with Gasteiger partial charge in [0.2, 0.25) is 0 Å². The number of aryl methyl sites for hydroxylation is 1. The molecule has 0 aromatic heterocycles.